The Labute approximate surface area is 235 Å². The molecule has 3 aromatic rings. The first-order valence-electron chi connectivity index (χ1n) is 13.1. The van der Waals surface area contributed by atoms with Crippen LogP contribution < -0.4 is 4.74 Å². The summed E-state index contributed by atoms with van der Waals surface area (Å²) in [5.74, 6) is 4.90. The van der Waals surface area contributed by atoms with Gasteiger partial charge in [-0.3, -0.25) is 4.79 Å². The third-order valence-electron chi connectivity index (χ3n) is 6.96. The number of hydrogen-bond donors (Lipinski definition) is 1. The average Bonchev–Trinajstić information content (AvgIpc) is 2.94. The Morgan fingerprint density at radius 2 is 1.82 bits per heavy atom. The molecule has 1 aliphatic rings. The minimum atomic E-state index is -4.03. The van der Waals surface area contributed by atoms with Gasteiger partial charge in [0.2, 0.25) is 15.9 Å². The Morgan fingerprint density at radius 1 is 1.12 bits per heavy atom. The molecule has 0 aromatic heterocycles. The fraction of sp³-hybridized carbons (Fsp3) is 0.323. The van der Waals surface area contributed by atoms with Gasteiger partial charge in [0.1, 0.15) is 22.6 Å². The van der Waals surface area contributed by atoms with E-state index in [1.807, 2.05) is 37.3 Å². The van der Waals surface area contributed by atoms with Crippen molar-refractivity contribution in [2.24, 2.45) is 5.92 Å². The number of halogens is 1. The number of aliphatic hydroxyl groups is 1. The largest absolute Gasteiger partial charge is 0.487 e. The highest BCUT2D eigenvalue weighted by Gasteiger charge is 2.38. The van der Waals surface area contributed by atoms with Crippen LogP contribution in [0.15, 0.2) is 77.7 Å². The molecule has 9 heteroatoms. The number of fused-ring (bicyclic) bond motifs is 1. The summed E-state index contributed by atoms with van der Waals surface area (Å²) in [4.78, 5) is 14.5. The molecule has 1 heterocycles. The summed E-state index contributed by atoms with van der Waals surface area (Å²) in [5.41, 5.74) is 1.55. The van der Waals surface area contributed by atoms with E-state index in [0.717, 1.165) is 5.56 Å². The topological polar surface area (TPSA) is 87.2 Å². The van der Waals surface area contributed by atoms with Crippen molar-refractivity contribution in [1.29, 1.82) is 0 Å². The minimum absolute atomic E-state index is 0.0561. The zero-order valence-corrected chi connectivity index (χ0v) is 23.6. The molecule has 0 saturated carbocycles. The molecule has 4 rings (SSSR count). The predicted octanol–water partition coefficient (Wildman–Crippen LogP) is 3.70. The van der Waals surface area contributed by atoms with E-state index in [0.29, 0.717) is 5.56 Å². The molecule has 0 bridgehead atoms. The second-order valence-electron chi connectivity index (χ2n) is 10.1. The van der Waals surface area contributed by atoms with Gasteiger partial charge in [0.05, 0.1) is 25.1 Å². The van der Waals surface area contributed by atoms with Crippen molar-refractivity contribution in [3.63, 3.8) is 0 Å². The molecule has 3 aromatic carbocycles. The van der Waals surface area contributed by atoms with Crippen molar-refractivity contribution in [3.05, 3.63) is 95.3 Å². The SMILES string of the molecule is C[C@@H]1CN([C@H](C)CO)S(=O)(=O)c2ccc(C#Cc3ccccc3F)cc2O[C@@H]1CN(C)C(=O)Cc1ccccc1. The van der Waals surface area contributed by atoms with Gasteiger partial charge in [-0.15, -0.1) is 0 Å². The van der Waals surface area contributed by atoms with Crippen LogP contribution in [0.2, 0.25) is 0 Å². The van der Waals surface area contributed by atoms with Crippen LogP contribution in [0.5, 0.6) is 5.75 Å². The van der Waals surface area contributed by atoms with E-state index in [-0.39, 0.29) is 54.2 Å². The molecule has 40 heavy (non-hydrogen) atoms. The highest BCUT2D eigenvalue weighted by atomic mass is 32.2. The summed E-state index contributed by atoms with van der Waals surface area (Å²) >= 11 is 0. The van der Waals surface area contributed by atoms with E-state index in [9.17, 15) is 22.7 Å². The molecular weight excluding hydrogens is 531 g/mol. The molecule has 1 aliphatic heterocycles. The maximum Gasteiger partial charge on any atom is 0.247 e. The summed E-state index contributed by atoms with van der Waals surface area (Å²) in [6, 6.07) is 19.4. The summed E-state index contributed by atoms with van der Waals surface area (Å²) < 4.78 is 49.0. The first kappa shape index (κ1) is 29.3. The van der Waals surface area contributed by atoms with Gasteiger partial charge >= 0.3 is 0 Å². The monoisotopic (exact) mass is 564 g/mol. The van der Waals surface area contributed by atoms with Gasteiger partial charge in [-0.25, -0.2) is 12.8 Å². The van der Waals surface area contributed by atoms with E-state index >= 15 is 0 Å². The Balaban J connectivity index is 1.68. The maximum atomic E-state index is 14.1. The Bertz CT molecular complexity index is 1520. The van der Waals surface area contributed by atoms with Crippen LogP contribution >= 0.6 is 0 Å². The number of rotatable bonds is 6. The number of benzene rings is 3. The maximum absolute atomic E-state index is 14.1. The fourth-order valence-corrected chi connectivity index (χ4v) is 6.33. The molecule has 1 N–H and O–H groups in total. The molecule has 0 saturated heterocycles. The van der Waals surface area contributed by atoms with Gasteiger partial charge in [0.25, 0.3) is 0 Å². The van der Waals surface area contributed by atoms with Gasteiger partial charge < -0.3 is 14.7 Å². The third kappa shape index (κ3) is 6.70. The minimum Gasteiger partial charge on any atom is -0.487 e. The summed E-state index contributed by atoms with van der Waals surface area (Å²) in [7, 11) is -2.33. The van der Waals surface area contributed by atoms with E-state index in [1.165, 1.54) is 22.5 Å². The molecule has 0 spiro atoms. The Kier molecular flexibility index (Phi) is 9.25. The molecule has 0 unspecified atom stereocenters. The van der Waals surface area contributed by atoms with Gasteiger partial charge in [-0.05, 0) is 42.8 Å². The molecule has 0 radical (unpaired) electrons. The van der Waals surface area contributed by atoms with Gasteiger partial charge in [0, 0.05) is 31.1 Å². The van der Waals surface area contributed by atoms with Crippen LogP contribution in [0, 0.1) is 23.6 Å². The number of carbonyl (C=O) groups is 1. The zero-order chi connectivity index (χ0) is 28.9. The average molecular weight is 565 g/mol. The second-order valence-corrected chi connectivity index (χ2v) is 11.9. The first-order chi connectivity index (χ1) is 19.1. The van der Waals surface area contributed by atoms with E-state index in [1.54, 1.807) is 43.1 Å². The number of hydrogen-bond acceptors (Lipinski definition) is 5. The number of carbonyl (C=O) groups excluding carboxylic acids is 1. The van der Waals surface area contributed by atoms with Crippen molar-refractivity contribution in [1.82, 2.24) is 9.21 Å². The summed E-state index contributed by atoms with van der Waals surface area (Å²) in [5, 5.41) is 9.85. The van der Waals surface area contributed by atoms with Crippen LogP contribution in [0.25, 0.3) is 0 Å². The molecule has 210 valence electrons. The molecule has 0 aliphatic carbocycles. The highest BCUT2D eigenvalue weighted by molar-refractivity contribution is 7.89. The van der Waals surface area contributed by atoms with Crippen LogP contribution in [0.3, 0.4) is 0 Å². The standard InChI is InChI=1S/C31H33FN2O5S/c1-22-19-34(23(2)21-35)40(37,38)30-16-14-25(13-15-26-11-7-8-12-27(26)32)17-28(30)39-29(22)20-33(3)31(36)18-24-9-5-4-6-10-24/h4-12,14,16-17,22-23,29,35H,18-21H2,1-3H3/t22-,23-,29-/m1/s1. The predicted molar refractivity (Wildman–Crippen MR) is 151 cm³/mol. The number of aliphatic hydroxyl groups excluding tert-OH is 1. The lowest BCUT2D eigenvalue weighted by Gasteiger charge is -2.37. The second kappa shape index (κ2) is 12.6. The number of sulfonamides is 1. The quantitative estimate of drug-likeness (QED) is 0.462. The summed E-state index contributed by atoms with van der Waals surface area (Å²) in [6.07, 6.45) is -0.325. The van der Waals surface area contributed by atoms with Gasteiger partial charge in [-0.2, -0.15) is 4.31 Å². The number of amides is 1. The van der Waals surface area contributed by atoms with Crippen molar-refractivity contribution >= 4 is 15.9 Å². The molecule has 0 fully saturated rings. The highest BCUT2D eigenvalue weighted by Crippen LogP contribution is 2.34. The van der Waals surface area contributed by atoms with E-state index in [4.69, 9.17) is 4.74 Å². The summed E-state index contributed by atoms with van der Waals surface area (Å²) in [6.45, 7) is 3.47. The van der Waals surface area contributed by atoms with Crippen LogP contribution in [-0.4, -0.2) is 67.5 Å². The van der Waals surface area contributed by atoms with Crippen molar-refractivity contribution in [2.75, 3.05) is 26.7 Å². The first-order valence-corrected chi connectivity index (χ1v) is 14.5. The van der Waals surface area contributed by atoms with Crippen LogP contribution in [0.4, 0.5) is 4.39 Å². The Hall–Kier alpha value is -3.71. The van der Waals surface area contributed by atoms with Crippen molar-refractivity contribution < 1.29 is 27.4 Å². The smallest absolute Gasteiger partial charge is 0.247 e. The van der Waals surface area contributed by atoms with Crippen molar-refractivity contribution in [2.45, 2.75) is 37.3 Å². The van der Waals surface area contributed by atoms with Crippen LogP contribution in [-0.2, 0) is 21.2 Å². The number of nitrogens with zero attached hydrogens (tertiary/aromatic N) is 2. The van der Waals surface area contributed by atoms with Crippen LogP contribution in [0.1, 0.15) is 30.5 Å². The molecular formula is C31H33FN2O5S. The molecule has 1 amide bonds. The molecule has 3 atom stereocenters. The lowest BCUT2D eigenvalue weighted by molar-refractivity contribution is -0.130. The lowest BCUT2D eigenvalue weighted by Crippen LogP contribution is -2.50. The Morgan fingerprint density at radius 3 is 2.52 bits per heavy atom. The third-order valence-corrected chi connectivity index (χ3v) is 8.98. The molecule has 7 nitrogen and oxygen atoms in total. The fourth-order valence-electron chi connectivity index (χ4n) is 4.50. The normalized spacial score (nSPS) is 19.1. The lowest BCUT2D eigenvalue weighted by atomic mass is 10.0. The zero-order valence-electron chi connectivity index (χ0n) is 22.7. The van der Waals surface area contributed by atoms with Gasteiger partial charge in [-0.1, -0.05) is 61.2 Å². The number of ether oxygens (including phenoxy) is 1. The van der Waals surface area contributed by atoms with Gasteiger partial charge in [0.15, 0.2) is 0 Å². The van der Waals surface area contributed by atoms with E-state index < -0.39 is 28.0 Å². The van der Waals surface area contributed by atoms with Crippen molar-refractivity contribution in [3.8, 4) is 17.6 Å². The number of likely N-dealkylation sites (N-methyl/N-ethyl adjacent to an activating group) is 1. The van der Waals surface area contributed by atoms with E-state index in [2.05, 4.69) is 11.8 Å².